The molecule has 0 spiro atoms. The van der Waals surface area contributed by atoms with Crippen molar-refractivity contribution in [2.24, 2.45) is 11.1 Å². The minimum atomic E-state index is -0.812. The monoisotopic (exact) mass is 278 g/mol. The summed E-state index contributed by atoms with van der Waals surface area (Å²) >= 11 is 0. The third-order valence-electron chi connectivity index (χ3n) is 3.18. The van der Waals surface area contributed by atoms with Crippen LogP contribution in [0.15, 0.2) is 29.4 Å². The molecule has 1 aromatic rings. The molecular weight excluding hydrogens is 264 g/mol. The Bertz CT molecular complexity index is 538. The van der Waals surface area contributed by atoms with Gasteiger partial charge in [0.25, 0.3) is 5.69 Å². The van der Waals surface area contributed by atoms with Crippen molar-refractivity contribution in [1.29, 1.82) is 0 Å². The molecule has 1 saturated carbocycles. The Morgan fingerprint density at radius 2 is 2.10 bits per heavy atom. The Morgan fingerprint density at radius 3 is 2.70 bits per heavy atom. The number of nitro benzene ring substituents is 1. The zero-order chi connectivity index (χ0) is 14.5. The predicted octanol–water partition coefficient (Wildman–Crippen LogP) is 2.60. The molecule has 0 heterocycles. The summed E-state index contributed by atoms with van der Waals surface area (Å²) in [5.74, 6) is -0.823. The van der Waals surface area contributed by atoms with E-state index < -0.39 is 16.8 Å². The molecule has 7 heteroatoms. The Hall–Kier alpha value is -2.44. The maximum Gasteiger partial charge on any atom is 0.306 e. The van der Waals surface area contributed by atoms with Gasteiger partial charge in [-0.05, 0) is 31.4 Å². The molecule has 0 bridgehead atoms. The molecule has 0 aliphatic heterocycles. The van der Waals surface area contributed by atoms with Crippen LogP contribution in [0.2, 0.25) is 0 Å². The molecule has 1 unspecified atom stereocenters. The summed E-state index contributed by atoms with van der Waals surface area (Å²) < 4.78 is 0. The van der Waals surface area contributed by atoms with Gasteiger partial charge >= 0.3 is 5.97 Å². The Labute approximate surface area is 115 Å². The molecule has 0 saturated heterocycles. The number of rotatable bonds is 4. The molecule has 0 amide bonds. The molecule has 1 atom stereocenters. The second-order valence-electron chi connectivity index (χ2n) is 4.63. The first-order chi connectivity index (χ1) is 9.56. The lowest BCUT2D eigenvalue weighted by molar-refractivity contribution is -0.384. The standard InChI is InChI=1S/C13H14N2O5/c16-13(17)9-2-1-3-10(8-9)14-20-12-6-4-11(5-7-12)15(18)19/h4-7,9H,1-3,8H2,(H,16,17)/b14-10+. The van der Waals surface area contributed by atoms with Crippen LogP contribution in [0, 0.1) is 16.0 Å². The molecular formula is C13H14N2O5. The smallest absolute Gasteiger partial charge is 0.306 e. The van der Waals surface area contributed by atoms with Crippen LogP contribution >= 0.6 is 0 Å². The molecule has 1 aromatic carbocycles. The summed E-state index contributed by atoms with van der Waals surface area (Å²) in [5, 5.41) is 23.4. The fourth-order valence-electron chi connectivity index (χ4n) is 2.08. The number of carboxylic acids is 1. The van der Waals surface area contributed by atoms with Gasteiger partial charge in [-0.25, -0.2) is 0 Å². The van der Waals surface area contributed by atoms with Crippen LogP contribution in [0.1, 0.15) is 25.7 Å². The summed E-state index contributed by atoms with van der Waals surface area (Å²) in [4.78, 5) is 26.1. The molecule has 1 aliphatic carbocycles. The number of carboxylic acid groups (broad SMARTS) is 1. The quantitative estimate of drug-likeness (QED) is 0.673. The van der Waals surface area contributed by atoms with Crippen molar-refractivity contribution in [3.8, 4) is 5.75 Å². The fourth-order valence-corrected chi connectivity index (χ4v) is 2.08. The molecule has 2 rings (SSSR count). The summed E-state index contributed by atoms with van der Waals surface area (Å²) in [6.07, 6.45) is 2.55. The molecule has 1 aliphatic rings. The first kappa shape index (κ1) is 14.0. The van der Waals surface area contributed by atoms with E-state index in [2.05, 4.69) is 5.16 Å². The molecule has 1 fully saturated rings. The van der Waals surface area contributed by atoms with Gasteiger partial charge in [0.1, 0.15) is 0 Å². The lowest BCUT2D eigenvalue weighted by atomic mass is 9.88. The van der Waals surface area contributed by atoms with E-state index in [1.165, 1.54) is 24.3 Å². The highest BCUT2D eigenvalue weighted by atomic mass is 16.6. The van der Waals surface area contributed by atoms with Gasteiger partial charge in [-0.3, -0.25) is 14.9 Å². The van der Waals surface area contributed by atoms with Crippen LogP contribution in [0.3, 0.4) is 0 Å². The van der Waals surface area contributed by atoms with Crippen LogP contribution in [0.5, 0.6) is 5.75 Å². The number of nitro groups is 1. The zero-order valence-corrected chi connectivity index (χ0v) is 10.7. The summed E-state index contributed by atoms with van der Waals surface area (Å²) in [5.41, 5.74) is 0.690. The highest BCUT2D eigenvalue weighted by Gasteiger charge is 2.24. The van der Waals surface area contributed by atoms with Crippen LogP contribution in [-0.2, 0) is 4.79 Å². The zero-order valence-electron chi connectivity index (χ0n) is 10.7. The van der Waals surface area contributed by atoms with Crippen molar-refractivity contribution in [3.05, 3.63) is 34.4 Å². The number of nitrogens with zero attached hydrogens (tertiary/aromatic N) is 2. The van der Waals surface area contributed by atoms with E-state index in [4.69, 9.17) is 9.94 Å². The number of benzene rings is 1. The van der Waals surface area contributed by atoms with Gasteiger partial charge in [0.05, 0.1) is 16.6 Å². The third kappa shape index (κ3) is 3.53. The molecule has 20 heavy (non-hydrogen) atoms. The minimum Gasteiger partial charge on any atom is -0.481 e. The summed E-state index contributed by atoms with van der Waals surface area (Å²) in [6, 6.07) is 5.58. The Balaban J connectivity index is 1.98. The Morgan fingerprint density at radius 1 is 1.40 bits per heavy atom. The number of carbonyl (C=O) groups is 1. The second kappa shape index (κ2) is 6.14. The number of hydrogen-bond donors (Lipinski definition) is 1. The first-order valence-corrected chi connectivity index (χ1v) is 6.26. The number of aliphatic carboxylic acids is 1. The van der Waals surface area contributed by atoms with Gasteiger partial charge in [0, 0.05) is 18.6 Å². The van der Waals surface area contributed by atoms with Crippen molar-refractivity contribution in [2.75, 3.05) is 0 Å². The lowest BCUT2D eigenvalue weighted by Crippen LogP contribution is -2.22. The van der Waals surface area contributed by atoms with E-state index in [9.17, 15) is 14.9 Å². The van der Waals surface area contributed by atoms with Gasteiger partial charge in [-0.2, -0.15) is 0 Å². The Kier molecular flexibility index (Phi) is 4.29. The maximum atomic E-state index is 10.9. The highest BCUT2D eigenvalue weighted by Crippen LogP contribution is 2.23. The van der Waals surface area contributed by atoms with Gasteiger partial charge in [-0.1, -0.05) is 5.16 Å². The van der Waals surface area contributed by atoms with Crippen molar-refractivity contribution in [2.45, 2.75) is 25.7 Å². The normalized spacial score (nSPS) is 20.6. The lowest BCUT2D eigenvalue weighted by Gasteiger charge is -2.18. The van der Waals surface area contributed by atoms with E-state index >= 15 is 0 Å². The van der Waals surface area contributed by atoms with Crippen molar-refractivity contribution < 1.29 is 19.7 Å². The molecule has 1 N–H and O–H groups in total. The largest absolute Gasteiger partial charge is 0.481 e. The predicted molar refractivity (Wildman–Crippen MR) is 70.8 cm³/mol. The van der Waals surface area contributed by atoms with Crippen LogP contribution in [-0.4, -0.2) is 21.7 Å². The van der Waals surface area contributed by atoms with E-state index in [0.29, 0.717) is 24.3 Å². The van der Waals surface area contributed by atoms with E-state index in [-0.39, 0.29) is 5.69 Å². The maximum absolute atomic E-state index is 10.9. The first-order valence-electron chi connectivity index (χ1n) is 6.26. The average molecular weight is 278 g/mol. The molecule has 7 nitrogen and oxygen atoms in total. The topological polar surface area (TPSA) is 102 Å². The fraction of sp³-hybridized carbons (Fsp3) is 0.385. The van der Waals surface area contributed by atoms with Crippen molar-refractivity contribution >= 4 is 17.4 Å². The number of hydrogen-bond acceptors (Lipinski definition) is 5. The average Bonchev–Trinajstić information content (AvgIpc) is 2.46. The molecule has 0 aromatic heterocycles. The second-order valence-corrected chi connectivity index (χ2v) is 4.63. The van der Waals surface area contributed by atoms with E-state index in [0.717, 1.165) is 12.8 Å². The SMILES string of the molecule is O=C(O)C1CCC/C(=N\Oc2ccc([N+](=O)[O-])cc2)C1. The van der Waals surface area contributed by atoms with Crippen LogP contribution in [0.25, 0.3) is 0 Å². The van der Waals surface area contributed by atoms with Crippen molar-refractivity contribution in [3.63, 3.8) is 0 Å². The van der Waals surface area contributed by atoms with E-state index in [1.807, 2.05) is 0 Å². The number of non-ortho nitro benzene ring substituents is 1. The minimum absolute atomic E-state index is 0.0198. The van der Waals surface area contributed by atoms with Gasteiger partial charge < -0.3 is 9.94 Å². The van der Waals surface area contributed by atoms with Crippen LogP contribution in [0.4, 0.5) is 5.69 Å². The van der Waals surface area contributed by atoms with Crippen molar-refractivity contribution in [1.82, 2.24) is 0 Å². The highest BCUT2D eigenvalue weighted by molar-refractivity contribution is 5.89. The molecule has 0 radical (unpaired) electrons. The molecule has 106 valence electrons. The van der Waals surface area contributed by atoms with Crippen LogP contribution < -0.4 is 4.84 Å². The van der Waals surface area contributed by atoms with Gasteiger partial charge in [0.15, 0.2) is 5.75 Å². The summed E-state index contributed by atoms with van der Waals surface area (Å²) in [6.45, 7) is 0. The summed E-state index contributed by atoms with van der Waals surface area (Å²) in [7, 11) is 0. The third-order valence-corrected chi connectivity index (χ3v) is 3.18. The van der Waals surface area contributed by atoms with E-state index in [1.54, 1.807) is 0 Å². The number of oxime groups is 1. The van der Waals surface area contributed by atoms with Gasteiger partial charge in [0.2, 0.25) is 0 Å². The van der Waals surface area contributed by atoms with Gasteiger partial charge in [-0.15, -0.1) is 0 Å².